The summed E-state index contributed by atoms with van der Waals surface area (Å²) < 4.78 is 1.07. The minimum absolute atomic E-state index is 0.118. The predicted octanol–water partition coefficient (Wildman–Crippen LogP) is 3.80. The molecule has 2 N–H and O–H groups in total. The van der Waals surface area contributed by atoms with E-state index in [1.165, 1.54) is 12.8 Å². The fourth-order valence-corrected chi connectivity index (χ4v) is 2.91. The fraction of sp³-hybridized carbons (Fsp3) is 0.571. The molecule has 0 aliphatic heterocycles. The van der Waals surface area contributed by atoms with Gasteiger partial charge in [0.15, 0.2) is 0 Å². The van der Waals surface area contributed by atoms with Gasteiger partial charge < -0.3 is 10.4 Å². The monoisotopic (exact) mass is 297 g/mol. The number of nitrogens with one attached hydrogen (secondary N) is 1. The number of anilines is 1. The maximum absolute atomic E-state index is 9.68. The molecule has 1 aromatic carbocycles. The molecule has 0 atom stereocenters. The molecule has 0 aromatic heterocycles. The molecule has 0 saturated heterocycles. The number of rotatable bonds is 3. The smallest absolute Gasteiger partial charge is 0.0661 e. The van der Waals surface area contributed by atoms with E-state index in [0.717, 1.165) is 28.9 Å². The van der Waals surface area contributed by atoms with Gasteiger partial charge >= 0.3 is 0 Å². The van der Waals surface area contributed by atoms with Gasteiger partial charge in [0.1, 0.15) is 0 Å². The average Bonchev–Trinajstić information content (AvgIpc) is 2.33. The largest absolute Gasteiger partial charge is 0.394 e. The number of benzene rings is 1. The van der Waals surface area contributed by atoms with E-state index in [-0.39, 0.29) is 12.1 Å². The molecule has 2 rings (SSSR count). The molecule has 2 nitrogen and oxygen atoms in total. The van der Waals surface area contributed by atoms with Crippen molar-refractivity contribution < 1.29 is 5.11 Å². The summed E-state index contributed by atoms with van der Waals surface area (Å²) in [5, 5.41) is 13.2. The molecule has 17 heavy (non-hydrogen) atoms. The lowest BCUT2D eigenvalue weighted by Gasteiger charge is -2.39. The second kappa shape index (κ2) is 5.40. The van der Waals surface area contributed by atoms with Crippen LogP contribution >= 0.6 is 15.9 Å². The Hall–Kier alpha value is -0.540. The van der Waals surface area contributed by atoms with E-state index in [2.05, 4.69) is 40.3 Å². The number of aliphatic hydroxyl groups excluding tert-OH is 1. The molecule has 1 fully saturated rings. The second-order valence-electron chi connectivity index (χ2n) is 5.26. The molecule has 0 unspecified atom stereocenters. The first-order valence-corrected chi connectivity index (χ1v) is 7.07. The highest BCUT2D eigenvalue weighted by atomic mass is 79.9. The first-order valence-electron chi connectivity index (χ1n) is 6.28. The van der Waals surface area contributed by atoms with Crippen LogP contribution < -0.4 is 5.32 Å². The average molecular weight is 298 g/mol. The van der Waals surface area contributed by atoms with E-state index in [1.54, 1.807) is 0 Å². The Morgan fingerprint density at radius 2 is 2.12 bits per heavy atom. The molecular weight excluding hydrogens is 278 g/mol. The van der Waals surface area contributed by atoms with E-state index >= 15 is 0 Å². The van der Waals surface area contributed by atoms with E-state index in [0.29, 0.717) is 0 Å². The molecule has 0 heterocycles. The second-order valence-corrected chi connectivity index (χ2v) is 6.17. The molecule has 0 amide bonds. The van der Waals surface area contributed by atoms with Crippen LogP contribution in [0, 0.1) is 5.92 Å². The van der Waals surface area contributed by atoms with Crippen LogP contribution in [0.25, 0.3) is 0 Å². The number of hydrogen-bond acceptors (Lipinski definition) is 2. The standard InChI is InChI=1S/C14H20BrNO/c1-11-5-7-14(10-17,8-6-11)16-13-4-2-3-12(15)9-13/h2-4,9,11,16-17H,5-8,10H2,1H3. The summed E-state index contributed by atoms with van der Waals surface area (Å²) in [6, 6.07) is 8.15. The minimum atomic E-state index is -0.118. The SMILES string of the molecule is CC1CCC(CO)(Nc2cccc(Br)c2)CC1. The van der Waals surface area contributed by atoms with Gasteiger partial charge in [0.2, 0.25) is 0 Å². The molecular formula is C14H20BrNO. The summed E-state index contributed by atoms with van der Waals surface area (Å²) in [6.45, 7) is 2.51. The Kier molecular flexibility index (Phi) is 4.10. The van der Waals surface area contributed by atoms with Crippen LogP contribution in [0.2, 0.25) is 0 Å². The van der Waals surface area contributed by atoms with Gasteiger partial charge in [-0.3, -0.25) is 0 Å². The van der Waals surface area contributed by atoms with Gasteiger partial charge in [0, 0.05) is 10.2 Å². The van der Waals surface area contributed by atoms with Gasteiger partial charge in [-0.1, -0.05) is 28.9 Å². The van der Waals surface area contributed by atoms with E-state index in [4.69, 9.17) is 0 Å². The maximum Gasteiger partial charge on any atom is 0.0661 e. The topological polar surface area (TPSA) is 32.3 Å². The highest BCUT2D eigenvalue weighted by molar-refractivity contribution is 9.10. The van der Waals surface area contributed by atoms with Crippen LogP contribution in [0.5, 0.6) is 0 Å². The van der Waals surface area contributed by atoms with Crippen molar-refractivity contribution in [2.75, 3.05) is 11.9 Å². The van der Waals surface area contributed by atoms with Crippen LogP contribution in [0.15, 0.2) is 28.7 Å². The lowest BCUT2D eigenvalue weighted by Crippen LogP contribution is -2.45. The van der Waals surface area contributed by atoms with E-state index in [1.807, 2.05) is 12.1 Å². The number of halogens is 1. The van der Waals surface area contributed by atoms with E-state index < -0.39 is 0 Å². The van der Waals surface area contributed by atoms with Gasteiger partial charge in [-0.05, 0) is 49.8 Å². The third-order valence-electron chi connectivity index (χ3n) is 3.77. The molecule has 0 radical (unpaired) electrons. The van der Waals surface area contributed by atoms with Crippen molar-refractivity contribution in [1.82, 2.24) is 0 Å². The fourth-order valence-electron chi connectivity index (χ4n) is 2.51. The summed E-state index contributed by atoms with van der Waals surface area (Å²) in [5.74, 6) is 0.791. The van der Waals surface area contributed by atoms with Gasteiger partial charge in [-0.25, -0.2) is 0 Å². The zero-order chi connectivity index (χ0) is 12.3. The summed E-state index contributed by atoms with van der Waals surface area (Å²) in [5.41, 5.74) is 0.968. The lowest BCUT2D eigenvalue weighted by molar-refractivity contribution is 0.155. The zero-order valence-electron chi connectivity index (χ0n) is 10.2. The highest BCUT2D eigenvalue weighted by Crippen LogP contribution is 2.34. The van der Waals surface area contributed by atoms with Crippen molar-refractivity contribution in [2.45, 2.75) is 38.1 Å². The van der Waals surface area contributed by atoms with Crippen LogP contribution in [-0.2, 0) is 0 Å². The Balaban J connectivity index is 2.09. The Morgan fingerprint density at radius 1 is 1.41 bits per heavy atom. The van der Waals surface area contributed by atoms with Crippen molar-refractivity contribution in [1.29, 1.82) is 0 Å². The number of hydrogen-bond donors (Lipinski definition) is 2. The zero-order valence-corrected chi connectivity index (χ0v) is 11.8. The van der Waals surface area contributed by atoms with Crippen LogP contribution in [-0.4, -0.2) is 17.3 Å². The third kappa shape index (κ3) is 3.23. The van der Waals surface area contributed by atoms with E-state index in [9.17, 15) is 5.11 Å². The first kappa shape index (κ1) is 12.9. The maximum atomic E-state index is 9.68. The predicted molar refractivity (Wildman–Crippen MR) is 75.2 cm³/mol. The summed E-state index contributed by atoms with van der Waals surface area (Å²) in [6.07, 6.45) is 4.50. The summed E-state index contributed by atoms with van der Waals surface area (Å²) >= 11 is 3.47. The van der Waals surface area contributed by atoms with Crippen molar-refractivity contribution in [3.8, 4) is 0 Å². The highest BCUT2D eigenvalue weighted by Gasteiger charge is 2.33. The molecule has 0 bridgehead atoms. The Bertz CT molecular complexity index is 372. The molecule has 1 aliphatic rings. The number of aliphatic hydroxyl groups is 1. The van der Waals surface area contributed by atoms with Crippen molar-refractivity contribution in [2.24, 2.45) is 5.92 Å². The van der Waals surface area contributed by atoms with Crippen molar-refractivity contribution in [3.63, 3.8) is 0 Å². The molecule has 3 heteroatoms. The summed E-state index contributed by atoms with van der Waals surface area (Å²) in [7, 11) is 0. The molecule has 94 valence electrons. The first-order chi connectivity index (χ1) is 8.13. The van der Waals surface area contributed by atoms with Gasteiger partial charge in [0.05, 0.1) is 12.1 Å². The minimum Gasteiger partial charge on any atom is -0.394 e. The molecule has 1 aromatic rings. The Labute approximate surface area is 112 Å². The lowest BCUT2D eigenvalue weighted by atomic mass is 9.77. The van der Waals surface area contributed by atoms with Crippen molar-refractivity contribution in [3.05, 3.63) is 28.7 Å². The van der Waals surface area contributed by atoms with Gasteiger partial charge in [0.25, 0.3) is 0 Å². The van der Waals surface area contributed by atoms with Crippen molar-refractivity contribution >= 4 is 21.6 Å². The summed E-state index contributed by atoms with van der Waals surface area (Å²) in [4.78, 5) is 0. The Morgan fingerprint density at radius 3 is 2.71 bits per heavy atom. The quantitative estimate of drug-likeness (QED) is 0.889. The van der Waals surface area contributed by atoms with Crippen LogP contribution in [0.3, 0.4) is 0 Å². The van der Waals surface area contributed by atoms with Crippen LogP contribution in [0.1, 0.15) is 32.6 Å². The molecule has 0 spiro atoms. The van der Waals surface area contributed by atoms with Gasteiger partial charge in [-0.2, -0.15) is 0 Å². The normalized spacial score (nSPS) is 29.0. The van der Waals surface area contributed by atoms with Crippen LogP contribution in [0.4, 0.5) is 5.69 Å². The van der Waals surface area contributed by atoms with Gasteiger partial charge in [-0.15, -0.1) is 0 Å². The molecule has 1 saturated carbocycles. The molecule has 1 aliphatic carbocycles. The third-order valence-corrected chi connectivity index (χ3v) is 4.26.